The number of rotatable bonds is 6. The Morgan fingerprint density at radius 2 is 0.738 bits per heavy atom. The van der Waals surface area contributed by atoms with Gasteiger partial charge in [0.05, 0.1) is 5.41 Å². The number of aromatic nitrogens is 3. The molecule has 0 amide bonds. The van der Waals surface area contributed by atoms with Crippen LogP contribution in [-0.2, 0) is 5.41 Å². The molecule has 0 N–H and O–H groups in total. The van der Waals surface area contributed by atoms with Gasteiger partial charge in [-0.1, -0.05) is 212 Å². The molecule has 284 valence electrons. The molecule has 1 aromatic heterocycles. The highest BCUT2D eigenvalue weighted by Gasteiger charge is 2.46. The van der Waals surface area contributed by atoms with Crippen molar-refractivity contribution < 1.29 is 0 Å². The molecule has 0 saturated carbocycles. The molecule has 61 heavy (non-hydrogen) atoms. The molecule has 0 spiro atoms. The largest absolute Gasteiger partial charge is 0.208 e. The van der Waals surface area contributed by atoms with Gasteiger partial charge in [0.2, 0.25) is 0 Å². The van der Waals surface area contributed by atoms with Crippen LogP contribution in [0.4, 0.5) is 0 Å². The molecule has 3 heteroatoms. The van der Waals surface area contributed by atoms with E-state index in [0.29, 0.717) is 17.5 Å². The van der Waals surface area contributed by atoms with Crippen molar-refractivity contribution in [2.24, 2.45) is 0 Å². The highest BCUT2D eigenvalue weighted by Crippen LogP contribution is 2.56. The highest BCUT2D eigenvalue weighted by atomic mass is 15.0. The molecule has 0 saturated heterocycles. The minimum absolute atomic E-state index is 0.525. The van der Waals surface area contributed by atoms with Gasteiger partial charge >= 0.3 is 0 Å². The van der Waals surface area contributed by atoms with Gasteiger partial charge in [-0.05, 0) is 89.0 Å². The maximum Gasteiger partial charge on any atom is 0.164 e. The lowest BCUT2D eigenvalue weighted by molar-refractivity contribution is 0.768. The molecule has 1 aliphatic carbocycles. The Hall–Kier alpha value is -8.01. The van der Waals surface area contributed by atoms with Crippen molar-refractivity contribution in [3.8, 4) is 56.4 Å². The Kier molecular flexibility index (Phi) is 8.07. The molecule has 0 radical (unpaired) electrons. The van der Waals surface area contributed by atoms with Crippen LogP contribution in [0.1, 0.15) is 22.3 Å². The topological polar surface area (TPSA) is 38.7 Å². The van der Waals surface area contributed by atoms with Crippen LogP contribution in [0.5, 0.6) is 0 Å². The Balaban J connectivity index is 0.974. The predicted octanol–water partition coefficient (Wildman–Crippen LogP) is 14.4. The van der Waals surface area contributed by atoms with Crippen LogP contribution < -0.4 is 0 Å². The van der Waals surface area contributed by atoms with Crippen LogP contribution in [-0.4, -0.2) is 15.0 Å². The predicted molar refractivity (Wildman–Crippen MR) is 251 cm³/mol. The highest BCUT2D eigenvalue weighted by molar-refractivity contribution is 6.17. The van der Waals surface area contributed by atoms with Crippen LogP contribution in [0.15, 0.2) is 224 Å². The average Bonchev–Trinajstić information content (AvgIpc) is 3.64. The number of fused-ring (bicyclic) bond motifs is 8. The molecule has 1 aliphatic rings. The van der Waals surface area contributed by atoms with Crippen molar-refractivity contribution in [3.05, 3.63) is 247 Å². The van der Waals surface area contributed by atoms with Gasteiger partial charge in [-0.3, -0.25) is 0 Å². The molecule has 12 rings (SSSR count). The SMILES string of the molecule is c1ccc(-c2nc(-c3ccc(-c4ccc5c(ccc6c7ccccc7ccc56)c4)cc3)nc(-c3ccc4c(c3)C(c3ccccc3)(c3ccccc3)c3ccccc3-4)n2)cc1. The number of nitrogens with zero attached hydrogens (tertiary/aromatic N) is 3. The van der Waals surface area contributed by atoms with Crippen molar-refractivity contribution in [2.45, 2.75) is 5.41 Å². The third kappa shape index (κ3) is 5.62. The van der Waals surface area contributed by atoms with E-state index >= 15 is 0 Å². The second-order valence-corrected chi connectivity index (χ2v) is 15.9. The molecular formula is C58H37N3. The van der Waals surface area contributed by atoms with E-state index < -0.39 is 5.41 Å². The van der Waals surface area contributed by atoms with Gasteiger partial charge in [-0.2, -0.15) is 0 Å². The van der Waals surface area contributed by atoms with E-state index in [2.05, 4.69) is 206 Å². The molecule has 10 aromatic carbocycles. The van der Waals surface area contributed by atoms with Crippen molar-refractivity contribution in [1.29, 1.82) is 0 Å². The maximum atomic E-state index is 5.24. The fraction of sp³-hybridized carbons (Fsp3) is 0.0172. The summed E-state index contributed by atoms with van der Waals surface area (Å²) < 4.78 is 0. The first-order valence-electron chi connectivity index (χ1n) is 20.8. The third-order valence-electron chi connectivity index (χ3n) is 12.6. The minimum Gasteiger partial charge on any atom is -0.208 e. The van der Waals surface area contributed by atoms with Gasteiger partial charge in [-0.15, -0.1) is 0 Å². The summed E-state index contributed by atoms with van der Waals surface area (Å²) in [4.78, 5) is 15.5. The summed E-state index contributed by atoms with van der Waals surface area (Å²) in [6.07, 6.45) is 0. The minimum atomic E-state index is -0.525. The lowest BCUT2D eigenvalue weighted by Gasteiger charge is -2.34. The molecule has 0 bridgehead atoms. The molecule has 11 aromatic rings. The molecule has 3 nitrogen and oxygen atoms in total. The molecule has 0 unspecified atom stereocenters. The van der Waals surface area contributed by atoms with Gasteiger partial charge < -0.3 is 0 Å². The Morgan fingerprint density at radius 3 is 1.44 bits per heavy atom. The smallest absolute Gasteiger partial charge is 0.164 e. The van der Waals surface area contributed by atoms with Gasteiger partial charge in [0.15, 0.2) is 17.5 Å². The van der Waals surface area contributed by atoms with Crippen LogP contribution in [0.3, 0.4) is 0 Å². The molecule has 1 heterocycles. The summed E-state index contributed by atoms with van der Waals surface area (Å²) in [5.74, 6) is 1.91. The van der Waals surface area contributed by atoms with Crippen molar-refractivity contribution >= 4 is 32.3 Å². The average molecular weight is 776 g/mol. The van der Waals surface area contributed by atoms with E-state index in [0.717, 1.165) is 22.3 Å². The fourth-order valence-corrected chi connectivity index (χ4v) is 9.75. The molecule has 0 fully saturated rings. The molecule has 0 aliphatic heterocycles. The van der Waals surface area contributed by atoms with Crippen LogP contribution >= 0.6 is 0 Å². The Labute approximate surface area is 354 Å². The summed E-state index contributed by atoms with van der Waals surface area (Å²) in [6.45, 7) is 0. The first-order valence-corrected chi connectivity index (χ1v) is 20.8. The standard InChI is InChI=1S/C58H37N3/c1-4-15-40(16-5-1)55-59-56(41-26-24-38(25-27-41)42-29-32-48-43(36-42)30-34-49-47-21-11-10-14-39(47)28-33-50(48)49)61-57(60-55)44-31-35-52-51-22-12-13-23-53(51)58(54(52)37-44,45-17-6-2-7-18-45)46-19-8-3-9-20-46/h1-37H. The lowest BCUT2D eigenvalue weighted by Crippen LogP contribution is -2.28. The Morgan fingerprint density at radius 1 is 0.262 bits per heavy atom. The van der Waals surface area contributed by atoms with E-state index in [9.17, 15) is 0 Å². The van der Waals surface area contributed by atoms with Crippen LogP contribution in [0, 0.1) is 0 Å². The van der Waals surface area contributed by atoms with Gasteiger partial charge in [0, 0.05) is 16.7 Å². The zero-order valence-electron chi connectivity index (χ0n) is 33.2. The summed E-state index contributed by atoms with van der Waals surface area (Å²) in [7, 11) is 0. The van der Waals surface area contributed by atoms with Crippen LogP contribution in [0.2, 0.25) is 0 Å². The monoisotopic (exact) mass is 775 g/mol. The normalized spacial score (nSPS) is 12.7. The van der Waals surface area contributed by atoms with Crippen molar-refractivity contribution in [3.63, 3.8) is 0 Å². The summed E-state index contributed by atoms with van der Waals surface area (Å²) in [5.41, 5.74) is 12.0. The Bertz CT molecular complexity index is 3410. The van der Waals surface area contributed by atoms with Gasteiger partial charge in [0.1, 0.15) is 0 Å². The maximum absolute atomic E-state index is 5.24. The zero-order chi connectivity index (χ0) is 40.3. The second kappa shape index (κ2) is 14.1. The van der Waals surface area contributed by atoms with E-state index in [4.69, 9.17) is 15.0 Å². The zero-order valence-corrected chi connectivity index (χ0v) is 33.2. The quantitative estimate of drug-likeness (QED) is 0.158. The summed E-state index contributed by atoms with van der Waals surface area (Å²) in [6, 6.07) is 80.6. The van der Waals surface area contributed by atoms with Gasteiger partial charge in [-0.25, -0.2) is 15.0 Å². The number of benzene rings is 10. The fourth-order valence-electron chi connectivity index (χ4n) is 9.75. The third-order valence-corrected chi connectivity index (χ3v) is 12.6. The van der Waals surface area contributed by atoms with E-state index in [1.807, 2.05) is 18.2 Å². The number of hydrogen-bond donors (Lipinski definition) is 0. The van der Waals surface area contributed by atoms with Crippen molar-refractivity contribution in [1.82, 2.24) is 15.0 Å². The van der Waals surface area contributed by atoms with Gasteiger partial charge in [0.25, 0.3) is 0 Å². The van der Waals surface area contributed by atoms with E-state index in [1.165, 1.54) is 71.3 Å². The summed E-state index contributed by atoms with van der Waals surface area (Å²) in [5, 5.41) is 7.59. The van der Waals surface area contributed by atoms with E-state index in [-0.39, 0.29) is 0 Å². The van der Waals surface area contributed by atoms with E-state index in [1.54, 1.807) is 0 Å². The second-order valence-electron chi connectivity index (χ2n) is 15.9. The lowest BCUT2D eigenvalue weighted by atomic mass is 9.67. The van der Waals surface area contributed by atoms with Crippen molar-refractivity contribution in [2.75, 3.05) is 0 Å². The first kappa shape index (κ1) is 35.0. The molecular weight excluding hydrogens is 739 g/mol. The van der Waals surface area contributed by atoms with Crippen LogP contribution in [0.25, 0.3) is 88.7 Å². The summed E-state index contributed by atoms with van der Waals surface area (Å²) >= 11 is 0. The number of hydrogen-bond acceptors (Lipinski definition) is 3. The molecule has 0 atom stereocenters. The first-order chi connectivity index (χ1) is 30.2.